The van der Waals surface area contributed by atoms with Gasteiger partial charge in [-0.3, -0.25) is 0 Å². The molecule has 1 aliphatic heterocycles. The van der Waals surface area contributed by atoms with Gasteiger partial charge in [-0.25, -0.2) is 4.79 Å². The number of aromatic nitrogens is 4. The molecule has 0 atom stereocenters. The number of carbonyl (C=O) groups is 1. The molecule has 8 nitrogen and oxygen atoms in total. The van der Waals surface area contributed by atoms with Gasteiger partial charge >= 0.3 is 6.09 Å². The molecule has 1 amide bonds. The Balaban J connectivity index is 1.32. The van der Waals surface area contributed by atoms with Crippen molar-refractivity contribution >= 4 is 17.0 Å². The number of piperidine rings is 1. The van der Waals surface area contributed by atoms with Crippen molar-refractivity contribution in [2.75, 3.05) is 13.1 Å². The van der Waals surface area contributed by atoms with Crippen molar-refractivity contribution in [3.63, 3.8) is 0 Å². The summed E-state index contributed by atoms with van der Waals surface area (Å²) >= 11 is 0. The minimum Gasteiger partial charge on any atom is -0.444 e. The zero-order valence-electron chi connectivity index (χ0n) is 18.4. The van der Waals surface area contributed by atoms with Gasteiger partial charge in [-0.15, -0.1) is 0 Å². The molecule has 1 aliphatic carbocycles. The lowest BCUT2D eigenvalue weighted by Crippen LogP contribution is -2.41. The van der Waals surface area contributed by atoms with Gasteiger partial charge in [0, 0.05) is 30.3 Å². The summed E-state index contributed by atoms with van der Waals surface area (Å²) in [6, 6.07) is 8.24. The van der Waals surface area contributed by atoms with Crippen LogP contribution in [0.5, 0.6) is 0 Å². The van der Waals surface area contributed by atoms with Crippen molar-refractivity contribution in [1.29, 1.82) is 0 Å². The number of benzene rings is 1. The van der Waals surface area contributed by atoms with Crippen molar-refractivity contribution in [3.8, 4) is 5.95 Å². The molecule has 0 radical (unpaired) electrons. The maximum absolute atomic E-state index is 12.3. The number of carbonyl (C=O) groups excluding carboxylic acids is 1. The third kappa shape index (κ3) is 3.91. The number of hydrogen-bond acceptors (Lipinski definition) is 6. The van der Waals surface area contributed by atoms with E-state index in [2.05, 4.69) is 28.3 Å². The van der Waals surface area contributed by atoms with Crippen LogP contribution < -0.4 is 0 Å². The van der Waals surface area contributed by atoms with Gasteiger partial charge in [0.2, 0.25) is 5.89 Å². The summed E-state index contributed by atoms with van der Waals surface area (Å²) in [5.41, 5.74) is 1.66. The molecule has 3 aromatic rings. The average Bonchev–Trinajstić information content (AvgIpc) is 3.31. The lowest BCUT2D eigenvalue weighted by molar-refractivity contribution is 0.0198. The minimum absolute atomic E-state index is 0.132. The molecule has 2 fully saturated rings. The Labute approximate surface area is 181 Å². The predicted molar refractivity (Wildman–Crippen MR) is 115 cm³/mol. The molecule has 8 heteroatoms. The summed E-state index contributed by atoms with van der Waals surface area (Å²) in [6.07, 6.45) is 4.93. The first-order valence-electron chi connectivity index (χ1n) is 11.2. The summed E-state index contributed by atoms with van der Waals surface area (Å²) in [5, 5.41) is 10.3. The van der Waals surface area contributed by atoms with Crippen LogP contribution in [0.25, 0.3) is 16.9 Å². The van der Waals surface area contributed by atoms with Crippen molar-refractivity contribution in [3.05, 3.63) is 35.9 Å². The lowest BCUT2D eigenvalue weighted by Gasteiger charge is -2.32. The molecule has 31 heavy (non-hydrogen) atoms. The molecule has 0 N–H and O–H groups in total. The second kappa shape index (κ2) is 7.66. The van der Waals surface area contributed by atoms with E-state index in [4.69, 9.17) is 14.4 Å². The average molecular weight is 424 g/mol. The Hall–Kier alpha value is -2.90. The van der Waals surface area contributed by atoms with Crippen molar-refractivity contribution in [1.82, 2.24) is 24.8 Å². The van der Waals surface area contributed by atoms with Crippen LogP contribution in [0.4, 0.5) is 4.79 Å². The first kappa shape index (κ1) is 20.0. The van der Waals surface area contributed by atoms with E-state index >= 15 is 0 Å². The first-order chi connectivity index (χ1) is 14.9. The van der Waals surface area contributed by atoms with Gasteiger partial charge < -0.3 is 14.2 Å². The highest BCUT2D eigenvalue weighted by Crippen LogP contribution is 2.39. The monoisotopic (exact) mass is 423 g/mol. The predicted octanol–water partition coefficient (Wildman–Crippen LogP) is 4.79. The SMILES string of the molecule is CC(C)(C)OC(=O)N1CCC(c2nc(-n3nc(C4CCC4)c4ccccc43)no2)CC1. The van der Waals surface area contributed by atoms with E-state index in [1.165, 1.54) is 24.6 Å². The molecule has 164 valence electrons. The summed E-state index contributed by atoms with van der Waals surface area (Å²) in [5.74, 6) is 1.75. The largest absolute Gasteiger partial charge is 0.444 e. The highest BCUT2D eigenvalue weighted by molar-refractivity contribution is 5.83. The second-order valence-electron chi connectivity index (χ2n) is 9.62. The van der Waals surface area contributed by atoms with Crippen LogP contribution in [-0.2, 0) is 4.74 Å². The second-order valence-corrected chi connectivity index (χ2v) is 9.62. The molecule has 1 aromatic carbocycles. The van der Waals surface area contributed by atoms with Gasteiger partial charge in [-0.05, 0) is 57.7 Å². The van der Waals surface area contributed by atoms with Gasteiger partial charge in [-0.1, -0.05) is 24.6 Å². The third-order valence-electron chi connectivity index (χ3n) is 6.22. The first-order valence-corrected chi connectivity index (χ1v) is 11.2. The van der Waals surface area contributed by atoms with E-state index in [0.717, 1.165) is 24.1 Å². The Morgan fingerprint density at radius 2 is 1.84 bits per heavy atom. The Bertz CT molecular complexity index is 1080. The smallest absolute Gasteiger partial charge is 0.410 e. The van der Waals surface area contributed by atoms with Crippen LogP contribution in [0.3, 0.4) is 0 Å². The zero-order chi connectivity index (χ0) is 21.6. The molecule has 2 aromatic heterocycles. The molecule has 1 saturated carbocycles. The lowest BCUT2D eigenvalue weighted by atomic mass is 9.82. The van der Waals surface area contributed by atoms with Crippen LogP contribution in [0.2, 0.25) is 0 Å². The Morgan fingerprint density at radius 3 is 2.52 bits per heavy atom. The highest BCUT2D eigenvalue weighted by Gasteiger charge is 2.31. The van der Waals surface area contributed by atoms with Gasteiger partial charge in [0.15, 0.2) is 0 Å². The molecule has 0 unspecified atom stereocenters. The molecule has 0 bridgehead atoms. The fourth-order valence-electron chi connectivity index (χ4n) is 4.34. The normalized spacial score (nSPS) is 18.4. The Morgan fingerprint density at radius 1 is 1.10 bits per heavy atom. The molecule has 1 saturated heterocycles. The number of amides is 1. The fourth-order valence-corrected chi connectivity index (χ4v) is 4.34. The van der Waals surface area contributed by atoms with E-state index in [-0.39, 0.29) is 12.0 Å². The number of likely N-dealkylation sites (tertiary alicyclic amines) is 1. The van der Waals surface area contributed by atoms with Crippen molar-refractivity contribution < 1.29 is 14.1 Å². The summed E-state index contributed by atoms with van der Waals surface area (Å²) in [7, 11) is 0. The molecule has 3 heterocycles. The molecule has 2 aliphatic rings. The van der Waals surface area contributed by atoms with Gasteiger partial charge in [0.25, 0.3) is 5.95 Å². The number of fused-ring (bicyclic) bond motifs is 1. The number of para-hydroxylation sites is 1. The molecular formula is C23H29N5O3. The third-order valence-corrected chi connectivity index (χ3v) is 6.22. The maximum Gasteiger partial charge on any atom is 0.410 e. The molecule has 0 spiro atoms. The standard InChI is InChI=1S/C23H29N5O3/c1-23(2,3)30-22(29)27-13-11-16(12-14-27)20-24-21(26-31-20)28-18-10-5-4-9-17(18)19(25-28)15-7-6-8-15/h4-5,9-10,15-16H,6-8,11-14H2,1-3H3. The van der Waals surface area contributed by atoms with Crippen molar-refractivity contribution in [2.24, 2.45) is 0 Å². The van der Waals surface area contributed by atoms with Crippen LogP contribution in [0.15, 0.2) is 28.8 Å². The van der Waals surface area contributed by atoms with Crippen LogP contribution >= 0.6 is 0 Å². The van der Waals surface area contributed by atoms with E-state index < -0.39 is 5.60 Å². The quantitative estimate of drug-likeness (QED) is 0.602. The number of rotatable bonds is 3. The topological polar surface area (TPSA) is 86.3 Å². The van der Waals surface area contributed by atoms with Gasteiger partial charge in [-0.2, -0.15) is 14.8 Å². The van der Waals surface area contributed by atoms with Gasteiger partial charge in [0.1, 0.15) is 5.60 Å². The van der Waals surface area contributed by atoms with Crippen LogP contribution in [0, 0.1) is 0 Å². The molecular weight excluding hydrogens is 394 g/mol. The summed E-state index contributed by atoms with van der Waals surface area (Å²) in [6.45, 7) is 6.88. The van der Waals surface area contributed by atoms with E-state index in [1.807, 2.05) is 31.5 Å². The van der Waals surface area contributed by atoms with E-state index in [9.17, 15) is 4.79 Å². The summed E-state index contributed by atoms with van der Waals surface area (Å²) in [4.78, 5) is 18.7. The number of hydrogen-bond donors (Lipinski definition) is 0. The number of nitrogens with zero attached hydrogens (tertiary/aromatic N) is 5. The van der Waals surface area contributed by atoms with Crippen LogP contribution in [-0.4, -0.2) is 49.6 Å². The van der Waals surface area contributed by atoms with Gasteiger partial charge in [0.05, 0.1) is 11.2 Å². The Kier molecular flexibility index (Phi) is 4.95. The minimum atomic E-state index is -0.486. The maximum atomic E-state index is 12.3. The van der Waals surface area contributed by atoms with Crippen molar-refractivity contribution in [2.45, 2.75) is 70.3 Å². The zero-order valence-corrected chi connectivity index (χ0v) is 18.4. The number of ether oxygens (including phenoxy) is 1. The van der Waals surface area contributed by atoms with E-state index in [1.54, 1.807) is 4.90 Å². The highest BCUT2D eigenvalue weighted by atomic mass is 16.6. The molecule has 5 rings (SSSR count). The fraction of sp³-hybridized carbons (Fsp3) is 0.565. The van der Waals surface area contributed by atoms with E-state index in [0.29, 0.717) is 30.8 Å². The summed E-state index contributed by atoms with van der Waals surface area (Å²) < 4.78 is 12.9. The van der Waals surface area contributed by atoms with Crippen LogP contribution in [0.1, 0.15) is 76.3 Å².